The number of amides is 1. The molecule has 1 saturated heterocycles. The molecule has 1 aliphatic heterocycles. The number of nitrogens with zero attached hydrogens (tertiary/aromatic N) is 2. The van der Waals surface area contributed by atoms with Crippen molar-refractivity contribution in [3.8, 4) is 10.6 Å². The Morgan fingerprint density at radius 3 is 2.58 bits per heavy atom. The van der Waals surface area contributed by atoms with Crippen LogP contribution in [0.15, 0.2) is 52.4 Å². The number of carbonyl (C=O) groups excluding carboxylic acids is 1. The van der Waals surface area contributed by atoms with Crippen molar-refractivity contribution in [2.75, 3.05) is 32.8 Å². The summed E-state index contributed by atoms with van der Waals surface area (Å²) in [5.74, 6) is 0.388. The van der Waals surface area contributed by atoms with Gasteiger partial charge in [-0.05, 0) is 28.0 Å². The van der Waals surface area contributed by atoms with Gasteiger partial charge in [-0.25, -0.2) is 0 Å². The van der Waals surface area contributed by atoms with E-state index in [0.717, 1.165) is 18.0 Å². The molecule has 0 spiro atoms. The largest absolute Gasteiger partial charge is 0.379 e. The Balaban J connectivity index is 1.48. The number of nitrogens with one attached hydrogen (secondary N) is 1. The molecule has 1 atom stereocenters. The smallest absolute Gasteiger partial charge is 0.273 e. The average molecular weight is 440 g/mol. The zero-order valence-electron chi connectivity index (χ0n) is 18.3. The Kier molecular flexibility index (Phi) is 6.55. The lowest BCUT2D eigenvalue weighted by atomic mass is 9.86. The lowest BCUT2D eigenvalue weighted by molar-refractivity contribution is 0.0162. The van der Waals surface area contributed by atoms with E-state index in [1.807, 2.05) is 17.5 Å². The van der Waals surface area contributed by atoms with E-state index in [1.165, 1.54) is 11.1 Å². The van der Waals surface area contributed by atoms with E-state index >= 15 is 0 Å². The number of benzene rings is 1. The van der Waals surface area contributed by atoms with Crippen molar-refractivity contribution < 1.29 is 14.1 Å². The molecule has 2 aromatic heterocycles. The molecule has 3 heterocycles. The van der Waals surface area contributed by atoms with Crippen LogP contribution < -0.4 is 5.32 Å². The van der Waals surface area contributed by atoms with Gasteiger partial charge in [0.15, 0.2) is 11.5 Å². The van der Waals surface area contributed by atoms with Crippen LogP contribution in [0.25, 0.3) is 10.6 Å². The molecule has 164 valence electrons. The Labute approximate surface area is 187 Å². The summed E-state index contributed by atoms with van der Waals surface area (Å²) in [5.41, 5.74) is 2.89. The summed E-state index contributed by atoms with van der Waals surface area (Å²) in [5, 5.41) is 8.99. The normalized spacial score (nSPS) is 16.2. The second-order valence-corrected chi connectivity index (χ2v) is 9.75. The molecular weight excluding hydrogens is 410 g/mol. The van der Waals surface area contributed by atoms with E-state index in [1.54, 1.807) is 17.4 Å². The van der Waals surface area contributed by atoms with Crippen LogP contribution in [0.2, 0.25) is 0 Å². The number of hydrogen-bond donors (Lipinski definition) is 1. The molecule has 0 aliphatic carbocycles. The van der Waals surface area contributed by atoms with Gasteiger partial charge < -0.3 is 14.6 Å². The first kappa shape index (κ1) is 21.7. The maximum Gasteiger partial charge on any atom is 0.273 e. The van der Waals surface area contributed by atoms with Crippen molar-refractivity contribution in [1.82, 2.24) is 15.4 Å². The monoisotopic (exact) mass is 439 g/mol. The van der Waals surface area contributed by atoms with Crippen LogP contribution in [0.1, 0.15) is 48.4 Å². The SMILES string of the molecule is CC(C)(C)c1ccc(C(CNC(=O)c2cc(-c3cccs3)on2)N2CCOCC2)cc1. The Hall–Kier alpha value is -2.48. The van der Waals surface area contributed by atoms with Crippen molar-refractivity contribution in [1.29, 1.82) is 0 Å². The summed E-state index contributed by atoms with van der Waals surface area (Å²) in [6, 6.07) is 14.4. The molecule has 1 fully saturated rings. The quantitative estimate of drug-likeness (QED) is 0.612. The van der Waals surface area contributed by atoms with E-state index in [0.29, 0.717) is 31.2 Å². The number of rotatable bonds is 6. The van der Waals surface area contributed by atoms with Gasteiger partial charge >= 0.3 is 0 Å². The van der Waals surface area contributed by atoms with Gasteiger partial charge in [0.25, 0.3) is 5.91 Å². The van der Waals surface area contributed by atoms with Gasteiger partial charge in [0.2, 0.25) is 0 Å². The first-order valence-corrected chi connectivity index (χ1v) is 11.5. The molecule has 4 rings (SSSR count). The van der Waals surface area contributed by atoms with Crippen LogP contribution in [0.5, 0.6) is 0 Å². The summed E-state index contributed by atoms with van der Waals surface area (Å²) >= 11 is 1.55. The minimum Gasteiger partial charge on any atom is -0.379 e. The first-order valence-electron chi connectivity index (χ1n) is 10.6. The van der Waals surface area contributed by atoms with Crippen molar-refractivity contribution in [3.63, 3.8) is 0 Å². The van der Waals surface area contributed by atoms with Gasteiger partial charge in [-0.3, -0.25) is 9.69 Å². The van der Waals surface area contributed by atoms with Gasteiger partial charge in [0.05, 0.1) is 24.1 Å². The highest BCUT2D eigenvalue weighted by Crippen LogP contribution is 2.27. The second kappa shape index (κ2) is 9.34. The van der Waals surface area contributed by atoms with Crippen LogP contribution in [0, 0.1) is 0 Å². The number of carbonyl (C=O) groups is 1. The fourth-order valence-electron chi connectivity index (χ4n) is 3.75. The molecule has 0 saturated carbocycles. The van der Waals surface area contributed by atoms with Crippen molar-refractivity contribution >= 4 is 17.2 Å². The molecular formula is C24H29N3O3S. The molecule has 1 aliphatic rings. The standard InChI is InChI=1S/C24H29N3O3S/c1-24(2,3)18-8-6-17(7-9-18)20(27-10-12-29-13-11-27)16-25-23(28)19-15-21(30-26-19)22-5-4-14-31-22/h4-9,14-15,20H,10-13,16H2,1-3H3,(H,25,28). The van der Waals surface area contributed by atoms with E-state index in [-0.39, 0.29) is 17.4 Å². The summed E-state index contributed by atoms with van der Waals surface area (Å²) in [7, 11) is 0. The van der Waals surface area contributed by atoms with Gasteiger partial charge in [0, 0.05) is 25.7 Å². The molecule has 1 amide bonds. The molecule has 3 aromatic rings. The molecule has 6 nitrogen and oxygen atoms in total. The zero-order valence-corrected chi connectivity index (χ0v) is 19.1. The maximum absolute atomic E-state index is 12.8. The second-order valence-electron chi connectivity index (χ2n) is 8.80. The lowest BCUT2D eigenvalue weighted by Crippen LogP contribution is -2.43. The predicted octanol–water partition coefficient (Wildman–Crippen LogP) is 4.50. The first-order chi connectivity index (χ1) is 14.9. The number of aromatic nitrogens is 1. The lowest BCUT2D eigenvalue weighted by Gasteiger charge is -2.35. The molecule has 1 unspecified atom stereocenters. The van der Waals surface area contributed by atoms with Gasteiger partial charge in [0.1, 0.15) is 0 Å². The minimum atomic E-state index is -0.226. The molecule has 1 N–H and O–H groups in total. The predicted molar refractivity (Wildman–Crippen MR) is 122 cm³/mol. The van der Waals surface area contributed by atoms with Gasteiger partial charge in [-0.2, -0.15) is 0 Å². The summed E-state index contributed by atoms with van der Waals surface area (Å²) < 4.78 is 10.9. The van der Waals surface area contributed by atoms with Crippen molar-refractivity contribution in [2.24, 2.45) is 0 Å². The number of ether oxygens (including phenoxy) is 1. The molecule has 31 heavy (non-hydrogen) atoms. The van der Waals surface area contributed by atoms with Crippen LogP contribution in [0.4, 0.5) is 0 Å². The molecule has 0 bridgehead atoms. The molecule has 1 aromatic carbocycles. The third kappa shape index (κ3) is 5.23. The van der Waals surface area contributed by atoms with Crippen LogP contribution in [0.3, 0.4) is 0 Å². The zero-order chi connectivity index (χ0) is 21.8. The number of hydrogen-bond acceptors (Lipinski definition) is 6. The highest BCUT2D eigenvalue weighted by atomic mass is 32.1. The highest BCUT2D eigenvalue weighted by Gasteiger charge is 2.25. The van der Waals surface area contributed by atoms with Crippen LogP contribution in [-0.4, -0.2) is 48.8 Å². The van der Waals surface area contributed by atoms with E-state index in [9.17, 15) is 4.79 Å². The van der Waals surface area contributed by atoms with E-state index < -0.39 is 0 Å². The van der Waals surface area contributed by atoms with E-state index in [4.69, 9.17) is 9.26 Å². The molecule has 0 radical (unpaired) electrons. The topological polar surface area (TPSA) is 67.6 Å². The Bertz CT molecular complexity index is 984. The Morgan fingerprint density at radius 2 is 1.94 bits per heavy atom. The van der Waals surface area contributed by atoms with E-state index in [2.05, 4.69) is 60.4 Å². The molecule has 7 heteroatoms. The fourth-order valence-corrected chi connectivity index (χ4v) is 4.42. The summed E-state index contributed by atoms with van der Waals surface area (Å²) in [6.07, 6.45) is 0. The highest BCUT2D eigenvalue weighted by molar-refractivity contribution is 7.13. The summed E-state index contributed by atoms with van der Waals surface area (Å²) in [4.78, 5) is 16.1. The number of morpholine rings is 1. The fraction of sp³-hybridized carbons (Fsp3) is 0.417. The van der Waals surface area contributed by atoms with Gasteiger partial charge in [-0.1, -0.05) is 56.3 Å². The third-order valence-corrected chi connectivity index (χ3v) is 6.50. The third-order valence-electron chi connectivity index (χ3n) is 5.61. The van der Waals surface area contributed by atoms with Crippen LogP contribution in [-0.2, 0) is 10.2 Å². The number of thiophene rings is 1. The van der Waals surface area contributed by atoms with Crippen molar-refractivity contribution in [3.05, 3.63) is 64.7 Å². The minimum absolute atomic E-state index is 0.0746. The summed E-state index contributed by atoms with van der Waals surface area (Å²) in [6.45, 7) is 10.2. The maximum atomic E-state index is 12.8. The van der Waals surface area contributed by atoms with Crippen LogP contribution >= 0.6 is 11.3 Å². The Morgan fingerprint density at radius 1 is 1.19 bits per heavy atom. The van der Waals surface area contributed by atoms with Gasteiger partial charge in [-0.15, -0.1) is 11.3 Å². The average Bonchev–Trinajstić information content (AvgIpc) is 3.46. The van der Waals surface area contributed by atoms with Crippen molar-refractivity contribution in [2.45, 2.75) is 32.2 Å².